The molecule has 2 heterocycles. The number of carbonyl (C=O) groups is 1. The summed E-state index contributed by atoms with van der Waals surface area (Å²) in [5, 5.41) is 3.32. The molecule has 116 valence electrons. The smallest absolute Gasteiger partial charge is 0.336 e. The van der Waals surface area contributed by atoms with Crippen LogP contribution < -0.4 is 10.1 Å². The molecule has 2 bridgehead atoms. The van der Waals surface area contributed by atoms with Gasteiger partial charge in [0, 0.05) is 23.6 Å². The molecular formula is C18H21NO3. The molecular weight excluding hydrogens is 278 g/mol. The topological polar surface area (TPSA) is 47.6 Å². The summed E-state index contributed by atoms with van der Waals surface area (Å²) in [7, 11) is 0. The van der Waals surface area contributed by atoms with Crippen molar-refractivity contribution in [3.05, 3.63) is 53.3 Å². The lowest BCUT2D eigenvalue weighted by molar-refractivity contribution is -0.138. The van der Waals surface area contributed by atoms with E-state index in [9.17, 15) is 4.79 Å². The van der Waals surface area contributed by atoms with Gasteiger partial charge < -0.3 is 14.8 Å². The molecule has 2 aliphatic heterocycles. The number of esters is 1. The summed E-state index contributed by atoms with van der Waals surface area (Å²) in [4.78, 5) is 12.5. The zero-order chi connectivity index (χ0) is 15.7. The maximum Gasteiger partial charge on any atom is 0.336 e. The van der Waals surface area contributed by atoms with E-state index in [4.69, 9.17) is 9.47 Å². The third-order valence-corrected chi connectivity index (χ3v) is 4.19. The van der Waals surface area contributed by atoms with Gasteiger partial charge in [-0.3, -0.25) is 0 Å². The predicted molar refractivity (Wildman–Crippen MR) is 84.4 cm³/mol. The van der Waals surface area contributed by atoms with E-state index in [0.29, 0.717) is 12.2 Å². The second kappa shape index (κ2) is 5.52. The lowest BCUT2D eigenvalue weighted by Gasteiger charge is -2.45. The lowest BCUT2D eigenvalue weighted by Crippen LogP contribution is -2.54. The Morgan fingerprint density at radius 3 is 3.05 bits per heavy atom. The first-order valence-electron chi connectivity index (χ1n) is 7.59. The van der Waals surface area contributed by atoms with Crippen LogP contribution in [0.25, 0.3) is 0 Å². The fourth-order valence-electron chi connectivity index (χ4n) is 3.30. The van der Waals surface area contributed by atoms with Crippen molar-refractivity contribution < 1.29 is 14.3 Å². The van der Waals surface area contributed by atoms with Crippen molar-refractivity contribution in [2.24, 2.45) is 0 Å². The number of para-hydroxylation sites is 1. The van der Waals surface area contributed by atoms with Crippen molar-refractivity contribution in [2.45, 2.75) is 38.8 Å². The van der Waals surface area contributed by atoms with E-state index in [1.165, 1.54) is 0 Å². The number of ether oxygens (including phenoxy) is 2. The van der Waals surface area contributed by atoms with Crippen molar-refractivity contribution >= 4 is 5.97 Å². The number of hydrogen-bond donors (Lipinski definition) is 1. The minimum absolute atomic E-state index is 0.00862. The lowest BCUT2D eigenvalue weighted by atomic mass is 9.78. The van der Waals surface area contributed by atoms with Gasteiger partial charge in [-0.25, -0.2) is 4.79 Å². The first-order valence-corrected chi connectivity index (χ1v) is 7.59. The first-order chi connectivity index (χ1) is 10.5. The molecule has 0 aliphatic carbocycles. The van der Waals surface area contributed by atoms with Gasteiger partial charge in [0.05, 0.1) is 5.57 Å². The Morgan fingerprint density at radius 2 is 2.27 bits per heavy atom. The average molecular weight is 299 g/mol. The highest BCUT2D eigenvalue weighted by molar-refractivity contribution is 5.91. The third kappa shape index (κ3) is 2.49. The molecule has 0 radical (unpaired) electrons. The van der Waals surface area contributed by atoms with Crippen LogP contribution in [0.4, 0.5) is 0 Å². The van der Waals surface area contributed by atoms with Gasteiger partial charge in [0.25, 0.3) is 0 Å². The quantitative estimate of drug-likeness (QED) is 0.687. The van der Waals surface area contributed by atoms with Gasteiger partial charge in [-0.2, -0.15) is 0 Å². The van der Waals surface area contributed by atoms with Gasteiger partial charge >= 0.3 is 5.97 Å². The van der Waals surface area contributed by atoms with E-state index >= 15 is 0 Å². The van der Waals surface area contributed by atoms with Crippen LogP contribution >= 0.6 is 0 Å². The second-order valence-electron chi connectivity index (χ2n) is 5.96. The Labute approximate surface area is 130 Å². The number of benzene rings is 1. The van der Waals surface area contributed by atoms with Crippen LogP contribution in [0.5, 0.6) is 5.75 Å². The van der Waals surface area contributed by atoms with Crippen LogP contribution in [0.15, 0.2) is 47.7 Å². The Bertz CT molecular complexity index is 662. The average Bonchev–Trinajstić information content (AvgIpc) is 2.46. The number of nitrogens with one attached hydrogen (secondary N) is 1. The Hall–Kier alpha value is -2.23. The molecule has 1 aromatic rings. The number of hydrogen-bond acceptors (Lipinski definition) is 4. The maximum atomic E-state index is 12.5. The monoisotopic (exact) mass is 299 g/mol. The number of allylic oxidation sites excluding steroid dienone is 2. The van der Waals surface area contributed by atoms with Crippen molar-refractivity contribution in [3.8, 4) is 5.75 Å². The van der Waals surface area contributed by atoms with Gasteiger partial charge in [-0.05, 0) is 26.8 Å². The number of rotatable bonds is 3. The highest BCUT2D eigenvalue weighted by atomic mass is 16.5. The van der Waals surface area contributed by atoms with Gasteiger partial charge in [-0.1, -0.05) is 30.4 Å². The summed E-state index contributed by atoms with van der Waals surface area (Å²) in [6.07, 6.45) is 4.41. The Balaban J connectivity index is 1.98. The Kier molecular flexibility index (Phi) is 3.69. The van der Waals surface area contributed by atoms with E-state index in [2.05, 4.69) is 5.32 Å². The standard InChI is InChI=1S/C18H21NO3/c1-4-5-10-21-17(20)16-12(2)19-18(3)11-14(16)13-8-6-7-9-15(13)22-18/h4-9,14,19H,10-11H2,1-3H3/b5-4+/t14-,18-/m0/s1. The normalized spacial score (nSPS) is 26.2. The summed E-state index contributed by atoms with van der Waals surface area (Å²) in [6.45, 7) is 6.13. The van der Waals surface area contributed by atoms with Crippen molar-refractivity contribution in [3.63, 3.8) is 0 Å². The molecule has 2 aliphatic rings. The molecule has 0 saturated heterocycles. The molecule has 4 heteroatoms. The highest BCUT2D eigenvalue weighted by Gasteiger charge is 2.45. The van der Waals surface area contributed by atoms with Crippen LogP contribution in [-0.2, 0) is 9.53 Å². The van der Waals surface area contributed by atoms with E-state index < -0.39 is 5.72 Å². The second-order valence-corrected chi connectivity index (χ2v) is 5.96. The van der Waals surface area contributed by atoms with E-state index in [1.807, 2.05) is 57.2 Å². The number of carbonyl (C=O) groups excluding carboxylic acids is 1. The minimum atomic E-state index is -0.476. The molecule has 0 fully saturated rings. The van der Waals surface area contributed by atoms with Crippen molar-refractivity contribution in [2.75, 3.05) is 6.61 Å². The summed E-state index contributed by atoms with van der Waals surface area (Å²) in [6, 6.07) is 7.90. The third-order valence-electron chi connectivity index (χ3n) is 4.19. The van der Waals surface area contributed by atoms with E-state index in [0.717, 1.165) is 23.4 Å². The molecule has 3 rings (SSSR count). The predicted octanol–water partition coefficient (Wildman–Crippen LogP) is 3.27. The molecule has 0 amide bonds. The molecule has 0 saturated carbocycles. The van der Waals surface area contributed by atoms with Crippen LogP contribution in [-0.4, -0.2) is 18.3 Å². The summed E-state index contributed by atoms with van der Waals surface area (Å²) < 4.78 is 11.4. The van der Waals surface area contributed by atoms with Crippen molar-refractivity contribution in [1.29, 1.82) is 0 Å². The van der Waals surface area contributed by atoms with Crippen LogP contribution in [0, 0.1) is 0 Å². The highest BCUT2D eigenvalue weighted by Crippen LogP contribution is 2.47. The fraction of sp³-hybridized carbons (Fsp3) is 0.389. The summed E-state index contributed by atoms with van der Waals surface area (Å²) in [5.41, 5.74) is 2.12. The molecule has 0 unspecified atom stereocenters. The summed E-state index contributed by atoms with van der Waals surface area (Å²) in [5.74, 6) is 0.584. The van der Waals surface area contributed by atoms with Gasteiger partial charge in [0.2, 0.25) is 0 Å². The van der Waals surface area contributed by atoms with Crippen LogP contribution in [0.2, 0.25) is 0 Å². The number of fused-ring (bicyclic) bond motifs is 4. The molecule has 1 aromatic carbocycles. The van der Waals surface area contributed by atoms with E-state index in [-0.39, 0.29) is 11.9 Å². The molecule has 0 aromatic heterocycles. The van der Waals surface area contributed by atoms with Gasteiger partial charge in [-0.15, -0.1) is 0 Å². The molecule has 4 nitrogen and oxygen atoms in total. The van der Waals surface area contributed by atoms with Gasteiger partial charge in [0.1, 0.15) is 12.4 Å². The van der Waals surface area contributed by atoms with Crippen LogP contribution in [0.1, 0.15) is 38.7 Å². The van der Waals surface area contributed by atoms with Gasteiger partial charge in [0.15, 0.2) is 5.72 Å². The minimum Gasteiger partial charge on any atom is -0.468 e. The van der Waals surface area contributed by atoms with Crippen molar-refractivity contribution in [1.82, 2.24) is 5.32 Å². The first kappa shape index (κ1) is 14.7. The molecule has 1 N–H and O–H groups in total. The zero-order valence-electron chi connectivity index (χ0n) is 13.2. The fourth-order valence-corrected chi connectivity index (χ4v) is 3.30. The summed E-state index contributed by atoms with van der Waals surface area (Å²) >= 11 is 0. The SMILES string of the molecule is C/C=C/COC(=O)C1=C(C)N[C@]2(C)C[C@H]1c1ccccc1O2. The van der Waals surface area contributed by atoms with E-state index in [1.54, 1.807) is 0 Å². The largest absolute Gasteiger partial charge is 0.468 e. The Morgan fingerprint density at radius 1 is 1.50 bits per heavy atom. The zero-order valence-corrected chi connectivity index (χ0v) is 13.2. The maximum absolute atomic E-state index is 12.5. The molecule has 2 atom stereocenters. The molecule has 22 heavy (non-hydrogen) atoms. The van der Waals surface area contributed by atoms with Crippen LogP contribution in [0.3, 0.4) is 0 Å². The molecule has 0 spiro atoms.